The predicted molar refractivity (Wildman–Crippen MR) is 139 cm³/mol. The Kier molecular flexibility index (Phi) is 6.08. The minimum atomic E-state index is -0.966. The number of amides is 1. The molecule has 6 rings (SSSR count). The highest BCUT2D eigenvalue weighted by atomic mass is 16.4. The Balaban J connectivity index is 1.33. The first-order valence-corrected chi connectivity index (χ1v) is 12.4. The lowest BCUT2D eigenvalue weighted by Gasteiger charge is -2.41. The highest BCUT2D eigenvalue weighted by molar-refractivity contribution is 5.89. The molecule has 6 heteroatoms. The Morgan fingerprint density at radius 3 is 2.44 bits per heavy atom. The molecule has 2 bridgehead atoms. The summed E-state index contributed by atoms with van der Waals surface area (Å²) >= 11 is 0. The van der Waals surface area contributed by atoms with E-state index in [1.807, 2.05) is 6.92 Å². The fraction of sp³-hybridized carbons (Fsp3) is 0.333. The van der Waals surface area contributed by atoms with Crippen LogP contribution in [0.15, 0.2) is 60.7 Å². The van der Waals surface area contributed by atoms with Crippen LogP contribution in [0, 0.1) is 19.8 Å². The first-order chi connectivity index (χ1) is 17.1. The van der Waals surface area contributed by atoms with Gasteiger partial charge in [0.1, 0.15) is 11.3 Å². The van der Waals surface area contributed by atoms with Crippen molar-refractivity contribution in [2.24, 2.45) is 5.92 Å². The molecule has 1 unspecified atom stereocenters. The number of hydrogen-bond donors (Lipinski definition) is 3. The summed E-state index contributed by atoms with van der Waals surface area (Å²) in [5.41, 5.74) is 5.99. The molecule has 36 heavy (non-hydrogen) atoms. The van der Waals surface area contributed by atoms with E-state index in [0.717, 1.165) is 47.2 Å². The number of nitrogens with zero attached hydrogens (tertiary/aromatic N) is 1. The van der Waals surface area contributed by atoms with Gasteiger partial charge in [-0.2, -0.15) is 0 Å². The molecule has 2 heterocycles. The molecular weight excluding hydrogens is 452 g/mol. The number of phenols is 1. The smallest absolute Gasteiger partial charge is 0.335 e. The van der Waals surface area contributed by atoms with E-state index in [4.69, 9.17) is 5.11 Å². The zero-order chi connectivity index (χ0) is 25.6. The number of carbonyl (C=O) groups is 2. The second-order valence-corrected chi connectivity index (χ2v) is 10.5. The summed E-state index contributed by atoms with van der Waals surface area (Å²) < 4.78 is 0. The third-order valence-corrected chi connectivity index (χ3v) is 7.81. The van der Waals surface area contributed by atoms with Gasteiger partial charge in [-0.25, -0.2) is 4.79 Å². The largest absolute Gasteiger partial charge is 0.508 e. The lowest BCUT2D eigenvalue weighted by atomic mass is 9.72. The number of fused-ring (bicyclic) bond motifs is 1. The van der Waals surface area contributed by atoms with Crippen molar-refractivity contribution in [1.82, 2.24) is 10.2 Å². The molecule has 6 nitrogen and oxygen atoms in total. The average molecular weight is 485 g/mol. The summed E-state index contributed by atoms with van der Waals surface area (Å²) in [6, 6.07) is 18.4. The van der Waals surface area contributed by atoms with Gasteiger partial charge in [0, 0.05) is 13.1 Å². The quantitative estimate of drug-likeness (QED) is 0.428. The van der Waals surface area contributed by atoms with E-state index in [1.54, 1.807) is 36.4 Å². The number of nitrogens with one attached hydrogen (secondary N) is 1. The van der Waals surface area contributed by atoms with E-state index in [1.165, 1.54) is 5.56 Å². The maximum atomic E-state index is 13.5. The molecule has 3 aromatic carbocycles. The minimum absolute atomic E-state index is 0.0146. The van der Waals surface area contributed by atoms with Crippen LogP contribution in [0.1, 0.15) is 58.4 Å². The number of phenolic OH excluding ortho intramolecular Hbond substituents is 1. The monoisotopic (exact) mass is 484 g/mol. The van der Waals surface area contributed by atoms with Crippen molar-refractivity contribution in [2.45, 2.75) is 51.7 Å². The summed E-state index contributed by atoms with van der Waals surface area (Å²) in [6.07, 6.45) is 1.68. The van der Waals surface area contributed by atoms with Crippen molar-refractivity contribution < 1.29 is 19.8 Å². The molecular formula is C30H32N2O4. The van der Waals surface area contributed by atoms with Crippen LogP contribution >= 0.6 is 0 Å². The highest BCUT2D eigenvalue weighted by Crippen LogP contribution is 2.51. The van der Waals surface area contributed by atoms with Crippen LogP contribution in [0.3, 0.4) is 0 Å². The van der Waals surface area contributed by atoms with Gasteiger partial charge in [-0.15, -0.1) is 0 Å². The zero-order valence-electron chi connectivity index (χ0n) is 20.9. The fourth-order valence-electron chi connectivity index (χ4n) is 5.92. The van der Waals surface area contributed by atoms with E-state index in [-0.39, 0.29) is 23.3 Å². The van der Waals surface area contributed by atoms with Crippen LogP contribution in [-0.2, 0) is 11.3 Å². The number of hydrogen-bond acceptors (Lipinski definition) is 4. The second-order valence-electron chi connectivity index (χ2n) is 10.5. The third kappa shape index (κ3) is 4.37. The number of aryl methyl sites for hydroxylation is 2. The van der Waals surface area contributed by atoms with E-state index in [2.05, 4.69) is 48.3 Å². The number of carbonyl (C=O) groups excluding carboxylic acids is 1. The standard InChI is InChI=1S/C30H32N2O4/c1-18-4-9-27(19(2)10-18)25-11-21(12-26(33)13-25)16-32-17-22-14-30(32,15-22)29(36)31-20(3)23-5-7-24(8-6-23)28(34)35/h4-13,20,22,33H,14-17H2,1-3H3,(H,31,36)(H,34,35). The van der Waals surface area contributed by atoms with Crippen molar-refractivity contribution in [2.75, 3.05) is 6.54 Å². The molecule has 186 valence electrons. The van der Waals surface area contributed by atoms with Crippen molar-refractivity contribution in [3.63, 3.8) is 0 Å². The second kappa shape index (κ2) is 9.10. The van der Waals surface area contributed by atoms with Gasteiger partial charge in [0.05, 0.1) is 11.6 Å². The zero-order valence-corrected chi connectivity index (χ0v) is 20.9. The SMILES string of the molecule is Cc1ccc(-c2cc(O)cc(CN3CC4CC3(C(=O)NC(C)c3ccc(C(=O)O)cc3)C4)c2)c(C)c1. The number of carboxylic acids is 1. The first kappa shape index (κ1) is 24.1. The summed E-state index contributed by atoms with van der Waals surface area (Å²) in [4.78, 5) is 26.9. The number of carboxylic acid groups (broad SMARTS) is 1. The van der Waals surface area contributed by atoms with E-state index >= 15 is 0 Å². The Morgan fingerprint density at radius 2 is 1.78 bits per heavy atom. The third-order valence-electron chi connectivity index (χ3n) is 7.81. The molecule has 0 aromatic heterocycles. The number of aromatic carboxylic acids is 1. The van der Waals surface area contributed by atoms with Crippen LogP contribution in [0.5, 0.6) is 5.75 Å². The van der Waals surface area contributed by atoms with Gasteiger partial charge in [-0.05, 0) is 97.7 Å². The molecule has 3 aromatic rings. The molecule has 2 aliphatic heterocycles. The van der Waals surface area contributed by atoms with Gasteiger partial charge in [-0.3, -0.25) is 9.69 Å². The summed E-state index contributed by atoms with van der Waals surface area (Å²) in [5, 5.41) is 22.8. The molecule has 1 saturated carbocycles. The maximum absolute atomic E-state index is 13.5. The number of benzene rings is 3. The molecule has 0 radical (unpaired) electrons. The molecule has 3 aliphatic rings. The predicted octanol–water partition coefficient (Wildman–Crippen LogP) is 5.22. The Bertz CT molecular complexity index is 1330. The maximum Gasteiger partial charge on any atom is 0.335 e. The lowest BCUT2D eigenvalue weighted by molar-refractivity contribution is -0.135. The first-order valence-electron chi connectivity index (χ1n) is 12.4. The molecule has 1 amide bonds. The fourth-order valence-corrected chi connectivity index (χ4v) is 5.92. The van der Waals surface area contributed by atoms with Gasteiger partial charge < -0.3 is 15.5 Å². The molecule has 3 N–H and O–H groups in total. The van der Waals surface area contributed by atoms with Gasteiger partial charge in [0.25, 0.3) is 0 Å². The van der Waals surface area contributed by atoms with E-state index in [0.29, 0.717) is 12.5 Å². The van der Waals surface area contributed by atoms with Crippen molar-refractivity contribution in [3.05, 3.63) is 88.5 Å². The average Bonchev–Trinajstić information content (AvgIpc) is 3.33. The van der Waals surface area contributed by atoms with Crippen molar-refractivity contribution in [1.29, 1.82) is 0 Å². The van der Waals surface area contributed by atoms with Crippen LogP contribution in [0.2, 0.25) is 0 Å². The Hall–Kier alpha value is -3.64. The topological polar surface area (TPSA) is 89.9 Å². The Labute approximate surface area is 211 Å². The molecule has 2 saturated heterocycles. The highest BCUT2D eigenvalue weighted by Gasteiger charge is 2.60. The number of rotatable bonds is 7. The summed E-state index contributed by atoms with van der Waals surface area (Å²) in [7, 11) is 0. The van der Waals surface area contributed by atoms with E-state index in [9.17, 15) is 14.7 Å². The van der Waals surface area contributed by atoms with Crippen molar-refractivity contribution in [3.8, 4) is 16.9 Å². The molecule has 0 spiro atoms. The van der Waals surface area contributed by atoms with E-state index < -0.39 is 11.5 Å². The molecule has 1 atom stereocenters. The van der Waals surface area contributed by atoms with Crippen LogP contribution in [-0.4, -0.2) is 39.1 Å². The lowest BCUT2D eigenvalue weighted by Crippen LogP contribution is -2.57. The normalized spacial score (nSPS) is 21.6. The minimum Gasteiger partial charge on any atom is -0.508 e. The molecule has 3 fully saturated rings. The van der Waals surface area contributed by atoms with Gasteiger partial charge in [0.15, 0.2) is 0 Å². The van der Waals surface area contributed by atoms with Crippen LogP contribution < -0.4 is 5.32 Å². The van der Waals surface area contributed by atoms with Gasteiger partial charge >= 0.3 is 5.97 Å². The number of aromatic hydroxyl groups is 1. The molecule has 1 aliphatic carbocycles. The van der Waals surface area contributed by atoms with Gasteiger partial charge in [-0.1, -0.05) is 35.9 Å². The van der Waals surface area contributed by atoms with Gasteiger partial charge in [0.2, 0.25) is 5.91 Å². The summed E-state index contributed by atoms with van der Waals surface area (Å²) in [6.45, 7) is 7.53. The van der Waals surface area contributed by atoms with Crippen LogP contribution in [0.25, 0.3) is 11.1 Å². The summed E-state index contributed by atoms with van der Waals surface area (Å²) in [5.74, 6) is -0.212. The van der Waals surface area contributed by atoms with Crippen LogP contribution in [0.4, 0.5) is 0 Å². The van der Waals surface area contributed by atoms with Crippen molar-refractivity contribution >= 4 is 11.9 Å². The Morgan fingerprint density at radius 1 is 1.06 bits per heavy atom.